The largest absolute Gasteiger partial charge is 0.483 e. The number of rotatable bonds is 6. The number of benzene rings is 3. The van der Waals surface area contributed by atoms with Crippen LogP contribution in [0.2, 0.25) is 0 Å². The summed E-state index contributed by atoms with van der Waals surface area (Å²) < 4.78 is 5.66. The molecule has 7 nitrogen and oxygen atoms in total. The zero-order valence-corrected chi connectivity index (χ0v) is 19.8. The Morgan fingerprint density at radius 1 is 0.794 bits per heavy atom. The van der Waals surface area contributed by atoms with Gasteiger partial charge in [-0.15, -0.1) is 0 Å². The summed E-state index contributed by atoms with van der Waals surface area (Å²) in [5, 5.41) is 2.81. The Bertz CT molecular complexity index is 1180. The van der Waals surface area contributed by atoms with Crippen molar-refractivity contribution in [3.8, 4) is 5.75 Å². The molecule has 3 aromatic rings. The Morgan fingerprint density at radius 2 is 1.44 bits per heavy atom. The fourth-order valence-electron chi connectivity index (χ4n) is 3.32. The van der Waals surface area contributed by atoms with Gasteiger partial charge in [0.15, 0.2) is 6.61 Å². The molecule has 0 fully saturated rings. The van der Waals surface area contributed by atoms with E-state index in [9.17, 15) is 14.4 Å². The average molecular weight is 460 g/mol. The van der Waals surface area contributed by atoms with Crippen molar-refractivity contribution in [2.45, 2.75) is 33.1 Å². The highest BCUT2D eigenvalue weighted by atomic mass is 16.5. The van der Waals surface area contributed by atoms with E-state index in [0.717, 1.165) is 11.1 Å². The van der Waals surface area contributed by atoms with Gasteiger partial charge >= 0.3 is 0 Å². The van der Waals surface area contributed by atoms with Crippen molar-refractivity contribution in [3.05, 3.63) is 95.1 Å². The van der Waals surface area contributed by atoms with E-state index >= 15 is 0 Å². The molecule has 0 atom stereocenters. The minimum Gasteiger partial charge on any atom is -0.483 e. The first-order valence-electron chi connectivity index (χ1n) is 10.9. The first kappa shape index (κ1) is 24.5. The summed E-state index contributed by atoms with van der Waals surface area (Å²) in [5.74, 6) is -0.574. The SMILES string of the molecule is Cc1ccccc1C(=O)Nc1ccc(C(=O)NNC(=O)COc2ccccc2C(C)(C)C)cc1. The maximum absolute atomic E-state index is 12.4. The molecule has 3 amide bonds. The second-order valence-electron chi connectivity index (χ2n) is 8.88. The number of carbonyl (C=O) groups excluding carboxylic acids is 3. The fourth-order valence-corrected chi connectivity index (χ4v) is 3.32. The summed E-state index contributed by atoms with van der Waals surface area (Å²) in [6.07, 6.45) is 0. The minimum absolute atomic E-state index is 0.132. The zero-order valence-electron chi connectivity index (χ0n) is 19.8. The van der Waals surface area contributed by atoms with Crippen LogP contribution in [0.1, 0.15) is 52.6 Å². The summed E-state index contributed by atoms with van der Waals surface area (Å²) in [6.45, 7) is 7.82. The van der Waals surface area contributed by atoms with Gasteiger partial charge in [0.25, 0.3) is 17.7 Å². The first-order chi connectivity index (χ1) is 16.1. The van der Waals surface area contributed by atoms with E-state index in [1.54, 1.807) is 36.4 Å². The van der Waals surface area contributed by atoms with E-state index in [1.807, 2.05) is 43.3 Å². The number of hydrazine groups is 1. The number of para-hydroxylation sites is 1. The van der Waals surface area contributed by atoms with E-state index in [2.05, 4.69) is 36.9 Å². The van der Waals surface area contributed by atoms with Crippen LogP contribution >= 0.6 is 0 Å². The average Bonchev–Trinajstić information content (AvgIpc) is 2.81. The second-order valence-corrected chi connectivity index (χ2v) is 8.88. The molecule has 0 saturated heterocycles. The number of aryl methyl sites for hydroxylation is 1. The monoisotopic (exact) mass is 459 g/mol. The standard InChI is InChI=1S/C27H29N3O4/c1-18-9-5-6-10-21(18)26(33)28-20-15-13-19(14-16-20)25(32)30-29-24(31)17-34-23-12-8-7-11-22(23)27(2,3)4/h5-16H,17H2,1-4H3,(H,28,33)(H,29,31)(H,30,32). The molecule has 0 aliphatic heterocycles. The quantitative estimate of drug-likeness (QED) is 0.477. The molecule has 0 aliphatic carbocycles. The molecule has 0 spiro atoms. The summed E-state index contributed by atoms with van der Waals surface area (Å²) in [4.78, 5) is 36.9. The Balaban J connectivity index is 1.50. The van der Waals surface area contributed by atoms with Crippen molar-refractivity contribution >= 4 is 23.4 Å². The van der Waals surface area contributed by atoms with Crippen molar-refractivity contribution in [1.82, 2.24) is 10.9 Å². The van der Waals surface area contributed by atoms with Crippen LogP contribution < -0.4 is 20.9 Å². The summed E-state index contributed by atoms with van der Waals surface area (Å²) >= 11 is 0. The molecular weight excluding hydrogens is 430 g/mol. The van der Waals surface area contributed by atoms with E-state index < -0.39 is 11.8 Å². The molecular formula is C27H29N3O4. The van der Waals surface area contributed by atoms with Crippen molar-refractivity contribution in [3.63, 3.8) is 0 Å². The molecule has 0 radical (unpaired) electrons. The molecule has 7 heteroatoms. The van der Waals surface area contributed by atoms with Crippen LogP contribution in [0.3, 0.4) is 0 Å². The van der Waals surface area contributed by atoms with Crippen molar-refractivity contribution < 1.29 is 19.1 Å². The van der Waals surface area contributed by atoms with Gasteiger partial charge in [0.05, 0.1) is 0 Å². The van der Waals surface area contributed by atoms with Crippen LogP contribution in [0.4, 0.5) is 5.69 Å². The molecule has 3 N–H and O–H groups in total. The molecule has 3 aromatic carbocycles. The van der Waals surface area contributed by atoms with E-state index in [1.165, 1.54) is 0 Å². The third-order valence-corrected chi connectivity index (χ3v) is 5.16. The molecule has 0 unspecified atom stereocenters. The molecule has 34 heavy (non-hydrogen) atoms. The normalized spacial score (nSPS) is 10.8. The Labute approximate surface area is 199 Å². The second kappa shape index (κ2) is 10.7. The number of hydrogen-bond acceptors (Lipinski definition) is 4. The Kier molecular flexibility index (Phi) is 7.68. The number of ether oxygens (including phenoxy) is 1. The molecule has 0 bridgehead atoms. The summed E-state index contributed by atoms with van der Waals surface area (Å²) in [5.41, 5.74) is 7.91. The molecule has 0 saturated carbocycles. The van der Waals surface area contributed by atoms with Crippen molar-refractivity contribution in [2.24, 2.45) is 0 Å². The number of anilines is 1. The predicted octanol–water partition coefficient (Wildman–Crippen LogP) is 4.38. The minimum atomic E-state index is -0.487. The van der Waals surface area contributed by atoms with Gasteiger partial charge in [-0.05, 0) is 59.9 Å². The molecule has 3 rings (SSSR count). The predicted molar refractivity (Wildman–Crippen MR) is 132 cm³/mol. The highest BCUT2D eigenvalue weighted by Crippen LogP contribution is 2.30. The zero-order chi connectivity index (χ0) is 24.7. The fraction of sp³-hybridized carbons (Fsp3) is 0.222. The number of hydrogen-bond donors (Lipinski definition) is 3. The maximum atomic E-state index is 12.4. The number of amides is 3. The van der Waals surface area contributed by atoms with E-state index in [0.29, 0.717) is 22.6 Å². The Hall–Kier alpha value is -4.13. The van der Waals surface area contributed by atoms with Crippen LogP contribution in [0.15, 0.2) is 72.8 Å². The van der Waals surface area contributed by atoms with E-state index in [4.69, 9.17) is 4.74 Å². The lowest BCUT2D eigenvalue weighted by Gasteiger charge is -2.22. The smallest absolute Gasteiger partial charge is 0.276 e. The number of nitrogens with one attached hydrogen (secondary N) is 3. The van der Waals surface area contributed by atoms with Gasteiger partial charge in [-0.3, -0.25) is 25.2 Å². The van der Waals surface area contributed by atoms with Gasteiger partial charge in [-0.1, -0.05) is 57.2 Å². The molecule has 0 heterocycles. The lowest BCUT2D eigenvalue weighted by Crippen LogP contribution is -2.43. The highest BCUT2D eigenvalue weighted by molar-refractivity contribution is 6.05. The van der Waals surface area contributed by atoms with Gasteiger partial charge < -0.3 is 10.1 Å². The van der Waals surface area contributed by atoms with Gasteiger partial charge in [0.2, 0.25) is 0 Å². The van der Waals surface area contributed by atoms with Gasteiger partial charge in [0, 0.05) is 16.8 Å². The molecule has 176 valence electrons. The van der Waals surface area contributed by atoms with E-state index in [-0.39, 0.29) is 17.9 Å². The van der Waals surface area contributed by atoms with Crippen LogP contribution in [0.25, 0.3) is 0 Å². The van der Waals surface area contributed by atoms with Crippen LogP contribution in [0.5, 0.6) is 5.75 Å². The van der Waals surface area contributed by atoms with Crippen molar-refractivity contribution in [2.75, 3.05) is 11.9 Å². The molecule has 0 aromatic heterocycles. The van der Waals surface area contributed by atoms with Gasteiger partial charge in [-0.2, -0.15) is 0 Å². The van der Waals surface area contributed by atoms with Gasteiger partial charge in [-0.25, -0.2) is 0 Å². The summed E-state index contributed by atoms with van der Waals surface area (Å²) in [6, 6.07) is 21.2. The molecule has 0 aliphatic rings. The van der Waals surface area contributed by atoms with Crippen molar-refractivity contribution in [1.29, 1.82) is 0 Å². The highest BCUT2D eigenvalue weighted by Gasteiger charge is 2.19. The first-order valence-corrected chi connectivity index (χ1v) is 10.9. The van der Waals surface area contributed by atoms with Crippen LogP contribution in [0, 0.1) is 6.92 Å². The topological polar surface area (TPSA) is 96.5 Å². The van der Waals surface area contributed by atoms with Gasteiger partial charge in [0.1, 0.15) is 5.75 Å². The maximum Gasteiger partial charge on any atom is 0.276 e. The number of carbonyl (C=O) groups is 3. The lowest BCUT2D eigenvalue weighted by molar-refractivity contribution is -0.123. The van der Waals surface area contributed by atoms with Crippen LogP contribution in [-0.2, 0) is 10.2 Å². The van der Waals surface area contributed by atoms with Crippen LogP contribution in [-0.4, -0.2) is 24.3 Å². The third kappa shape index (κ3) is 6.45. The summed E-state index contributed by atoms with van der Waals surface area (Å²) in [7, 11) is 0. The third-order valence-electron chi connectivity index (χ3n) is 5.16. The Morgan fingerprint density at radius 3 is 2.12 bits per heavy atom. The lowest BCUT2D eigenvalue weighted by atomic mass is 9.86.